The zero-order chi connectivity index (χ0) is 21.0. The maximum atomic E-state index is 12.2. The molecule has 7 nitrogen and oxygen atoms in total. The first-order valence-corrected chi connectivity index (χ1v) is 10.0. The normalized spacial score (nSPS) is 12.3. The highest BCUT2D eigenvalue weighted by molar-refractivity contribution is 5.89. The molecule has 1 aromatic carbocycles. The van der Waals surface area contributed by atoms with Crippen LogP contribution in [0.15, 0.2) is 24.3 Å². The minimum Gasteiger partial charge on any atom is -0.494 e. The van der Waals surface area contributed by atoms with Crippen LogP contribution in [0.5, 0.6) is 5.75 Å². The van der Waals surface area contributed by atoms with Crippen LogP contribution >= 0.6 is 0 Å². The second kappa shape index (κ2) is 12.2. The average Bonchev–Trinajstić information content (AvgIpc) is 2.57. The van der Waals surface area contributed by atoms with Gasteiger partial charge in [0, 0.05) is 5.69 Å². The fourth-order valence-corrected chi connectivity index (χ4v) is 2.92. The molecular weight excluding hydrogens is 358 g/mol. The van der Waals surface area contributed by atoms with E-state index in [1.165, 1.54) is 25.7 Å². The summed E-state index contributed by atoms with van der Waals surface area (Å²) in [6, 6.07) is 6.33. The number of amides is 2. The number of unbranched alkanes of at least 4 members (excludes halogenated alkanes) is 4. The van der Waals surface area contributed by atoms with Crippen LogP contribution in [0.2, 0.25) is 0 Å². The van der Waals surface area contributed by atoms with Crippen molar-refractivity contribution >= 4 is 17.7 Å². The predicted molar refractivity (Wildman–Crippen MR) is 112 cm³/mol. The van der Waals surface area contributed by atoms with Crippen LogP contribution in [0.25, 0.3) is 0 Å². The number of nitrogens with zero attached hydrogens (tertiary/aromatic N) is 1. The van der Waals surface area contributed by atoms with Crippen molar-refractivity contribution in [1.29, 1.82) is 0 Å². The predicted octanol–water partition coefficient (Wildman–Crippen LogP) is 3.71. The van der Waals surface area contributed by atoms with Crippen molar-refractivity contribution in [3.63, 3.8) is 0 Å². The molecule has 0 aliphatic carbocycles. The topological polar surface area (TPSA) is 87.7 Å². The van der Waals surface area contributed by atoms with Gasteiger partial charge in [-0.3, -0.25) is 4.79 Å². The summed E-state index contributed by atoms with van der Waals surface area (Å²) in [5.74, 6) is -0.162. The number of nitrogens with one attached hydrogen (secondary N) is 2. The Hall–Kier alpha value is -2.28. The molecule has 1 aromatic rings. The molecule has 0 spiro atoms. The Labute approximate surface area is 168 Å². The van der Waals surface area contributed by atoms with Gasteiger partial charge in [-0.2, -0.15) is 0 Å². The third kappa shape index (κ3) is 11.4. The van der Waals surface area contributed by atoms with Crippen molar-refractivity contribution in [2.75, 3.05) is 39.6 Å². The molecule has 0 saturated heterocycles. The van der Waals surface area contributed by atoms with E-state index in [-0.39, 0.29) is 6.42 Å². The van der Waals surface area contributed by atoms with Gasteiger partial charge in [-0.1, -0.05) is 32.6 Å². The number of hydrogen-bond acceptors (Lipinski definition) is 3. The Morgan fingerprint density at radius 2 is 1.71 bits per heavy atom. The molecule has 0 aliphatic rings. The van der Waals surface area contributed by atoms with Crippen molar-refractivity contribution in [3.05, 3.63) is 24.3 Å². The SMILES string of the molecule is CCCCCCCOc1ccc(NC(=O)NC(CC(=O)O)C[N+](C)(C)C)cc1. The summed E-state index contributed by atoms with van der Waals surface area (Å²) in [4.78, 5) is 23.3. The molecule has 2 amide bonds. The van der Waals surface area contributed by atoms with Gasteiger partial charge in [0.2, 0.25) is 0 Å². The monoisotopic (exact) mass is 394 g/mol. The summed E-state index contributed by atoms with van der Waals surface area (Å²) in [7, 11) is 5.87. The summed E-state index contributed by atoms with van der Waals surface area (Å²) in [5.41, 5.74) is 0.632. The van der Waals surface area contributed by atoms with Crippen LogP contribution in [-0.4, -0.2) is 61.9 Å². The van der Waals surface area contributed by atoms with Crippen LogP contribution in [0.4, 0.5) is 10.5 Å². The van der Waals surface area contributed by atoms with Crippen molar-refractivity contribution < 1.29 is 23.9 Å². The summed E-state index contributed by atoms with van der Waals surface area (Å²) >= 11 is 0. The summed E-state index contributed by atoms with van der Waals surface area (Å²) < 4.78 is 6.27. The van der Waals surface area contributed by atoms with Gasteiger partial charge in [0.25, 0.3) is 0 Å². The van der Waals surface area contributed by atoms with Crippen LogP contribution in [0, 0.1) is 0 Å². The van der Waals surface area contributed by atoms with Crippen LogP contribution in [0.1, 0.15) is 45.4 Å². The van der Waals surface area contributed by atoms with E-state index < -0.39 is 18.0 Å². The van der Waals surface area contributed by atoms with Gasteiger partial charge in [-0.05, 0) is 30.7 Å². The molecule has 0 bridgehead atoms. The molecule has 28 heavy (non-hydrogen) atoms. The van der Waals surface area contributed by atoms with Gasteiger partial charge in [-0.25, -0.2) is 4.79 Å². The van der Waals surface area contributed by atoms with Gasteiger partial charge >= 0.3 is 12.0 Å². The minimum absolute atomic E-state index is 0.117. The second-order valence-electron chi connectivity index (χ2n) is 8.15. The number of benzene rings is 1. The lowest BCUT2D eigenvalue weighted by molar-refractivity contribution is -0.871. The third-order valence-electron chi connectivity index (χ3n) is 4.15. The highest BCUT2D eigenvalue weighted by atomic mass is 16.5. The number of carboxylic acids is 1. The first-order valence-electron chi connectivity index (χ1n) is 10.0. The van der Waals surface area contributed by atoms with Gasteiger partial charge < -0.3 is 25.0 Å². The molecule has 3 N–H and O–H groups in total. The lowest BCUT2D eigenvalue weighted by Crippen LogP contribution is -2.50. The van der Waals surface area contributed by atoms with Crippen molar-refractivity contribution in [2.24, 2.45) is 0 Å². The summed E-state index contributed by atoms with van der Waals surface area (Å²) in [5, 5.41) is 14.5. The molecule has 1 unspecified atom stereocenters. The van der Waals surface area contributed by atoms with E-state index in [9.17, 15) is 9.59 Å². The van der Waals surface area contributed by atoms with Gasteiger partial charge in [0.1, 0.15) is 5.75 Å². The fourth-order valence-electron chi connectivity index (χ4n) is 2.92. The Balaban J connectivity index is 2.44. The second-order valence-corrected chi connectivity index (χ2v) is 8.15. The highest BCUT2D eigenvalue weighted by Gasteiger charge is 2.22. The maximum Gasteiger partial charge on any atom is 0.319 e. The maximum absolute atomic E-state index is 12.2. The number of aliphatic carboxylic acids is 1. The smallest absolute Gasteiger partial charge is 0.319 e. The number of urea groups is 1. The average molecular weight is 395 g/mol. The van der Waals surface area contributed by atoms with Gasteiger partial charge in [-0.15, -0.1) is 0 Å². The number of hydrogen-bond donors (Lipinski definition) is 3. The first kappa shape index (κ1) is 23.8. The molecule has 1 atom stereocenters. The Morgan fingerprint density at radius 3 is 2.29 bits per heavy atom. The van der Waals surface area contributed by atoms with E-state index in [1.807, 2.05) is 33.3 Å². The number of likely N-dealkylation sites (N-methyl/N-ethyl adjacent to an activating group) is 1. The zero-order valence-electron chi connectivity index (χ0n) is 17.7. The molecule has 158 valence electrons. The largest absolute Gasteiger partial charge is 0.494 e. The lowest BCUT2D eigenvalue weighted by atomic mass is 10.2. The molecule has 1 rings (SSSR count). The Bertz CT molecular complexity index is 597. The quantitative estimate of drug-likeness (QED) is 0.352. The lowest BCUT2D eigenvalue weighted by Gasteiger charge is -2.29. The number of quaternary nitrogens is 1. The number of carboxylic acid groups (broad SMARTS) is 1. The summed E-state index contributed by atoms with van der Waals surface area (Å²) in [6.07, 6.45) is 5.85. The number of rotatable bonds is 13. The van der Waals surface area contributed by atoms with Crippen LogP contribution in [-0.2, 0) is 4.79 Å². The fraction of sp³-hybridized carbons (Fsp3) is 0.619. The van der Waals surface area contributed by atoms with Crippen molar-refractivity contribution in [2.45, 2.75) is 51.5 Å². The molecule has 0 heterocycles. The van der Waals surface area contributed by atoms with E-state index in [1.54, 1.807) is 12.1 Å². The number of carbonyl (C=O) groups is 2. The molecular formula is C21H36N3O4+. The van der Waals surface area contributed by atoms with Gasteiger partial charge in [0.05, 0.1) is 46.8 Å². The van der Waals surface area contributed by atoms with Gasteiger partial charge in [0.15, 0.2) is 0 Å². The van der Waals surface area contributed by atoms with Crippen molar-refractivity contribution in [3.8, 4) is 5.75 Å². The highest BCUT2D eigenvalue weighted by Crippen LogP contribution is 2.16. The zero-order valence-corrected chi connectivity index (χ0v) is 17.7. The summed E-state index contributed by atoms with van der Waals surface area (Å²) in [6.45, 7) is 3.41. The first-order chi connectivity index (χ1) is 13.2. The molecule has 0 saturated carbocycles. The molecule has 0 aliphatic heterocycles. The van der Waals surface area contributed by atoms with Crippen molar-refractivity contribution in [1.82, 2.24) is 5.32 Å². The molecule has 0 radical (unpaired) electrons. The standard InChI is InChI=1S/C21H35N3O4/c1-5-6-7-8-9-14-28-19-12-10-17(11-13-19)22-21(27)23-18(15-20(25)26)16-24(2,3)4/h10-13,18H,5-9,14-16H2,1-4H3,(H2-,22,23,25,26,27)/p+1. The molecule has 0 aromatic heterocycles. The van der Waals surface area contributed by atoms with E-state index in [4.69, 9.17) is 9.84 Å². The molecule has 0 fully saturated rings. The Kier molecular flexibility index (Phi) is 10.4. The van der Waals surface area contributed by atoms with E-state index in [2.05, 4.69) is 17.6 Å². The van der Waals surface area contributed by atoms with E-state index in [0.717, 1.165) is 12.2 Å². The van der Waals surface area contributed by atoms with Crippen LogP contribution in [0.3, 0.4) is 0 Å². The van der Waals surface area contributed by atoms with Crippen LogP contribution < -0.4 is 15.4 Å². The van der Waals surface area contributed by atoms with E-state index >= 15 is 0 Å². The minimum atomic E-state index is -0.935. The third-order valence-corrected chi connectivity index (χ3v) is 4.15. The number of anilines is 1. The number of carbonyl (C=O) groups excluding carboxylic acids is 1. The van der Waals surface area contributed by atoms with E-state index in [0.29, 0.717) is 23.3 Å². The number of ether oxygens (including phenoxy) is 1. The Morgan fingerprint density at radius 1 is 1.07 bits per heavy atom. The molecule has 7 heteroatoms.